The summed E-state index contributed by atoms with van der Waals surface area (Å²) < 4.78 is 13.1. The van der Waals surface area contributed by atoms with E-state index in [1.54, 1.807) is 12.1 Å². The van der Waals surface area contributed by atoms with Crippen LogP contribution in [0.2, 0.25) is 0 Å². The SMILES string of the molecule is CC12CC(C1)[C@H]([C@H](O)c1cccc(F)c1)N2. The second kappa shape index (κ2) is 3.28. The summed E-state index contributed by atoms with van der Waals surface area (Å²) >= 11 is 0. The van der Waals surface area contributed by atoms with Crippen LogP contribution in [0.15, 0.2) is 24.3 Å². The Morgan fingerprint density at radius 3 is 2.81 bits per heavy atom. The molecule has 2 atom stereocenters. The first-order valence-corrected chi connectivity index (χ1v) is 5.79. The van der Waals surface area contributed by atoms with Crippen LogP contribution in [0.1, 0.15) is 31.4 Å². The first-order valence-electron chi connectivity index (χ1n) is 5.79. The first kappa shape index (κ1) is 10.2. The zero-order valence-electron chi connectivity index (χ0n) is 9.28. The van der Waals surface area contributed by atoms with Gasteiger partial charge in [0.15, 0.2) is 0 Å². The van der Waals surface area contributed by atoms with E-state index in [0.717, 1.165) is 12.8 Å². The lowest BCUT2D eigenvalue weighted by molar-refractivity contribution is 0.121. The highest BCUT2D eigenvalue weighted by Crippen LogP contribution is 2.50. The maximum atomic E-state index is 13.1. The smallest absolute Gasteiger partial charge is 0.123 e. The second-order valence-corrected chi connectivity index (χ2v) is 5.40. The molecule has 0 amide bonds. The molecule has 0 unspecified atom stereocenters. The van der Waals surface area contributed by atoms with Crippen molar-refractivity contribution in [2.24, 2.45) is 5.92 Å². The number of nitrogens with one attached hydrogen (secondary N) is 1. The fraction of sp³-hybridized carbons (Fsp3) is 0.538. The number of hydrogen-bond acceptors (Lipinski definition) is 2. The molecule has 2 aliphatic heterocycles. The van der Waals surface area contributed by atoms with E-state index in [-0.39, 0.29) is 17.4 Å². The van der Waals surface area contributed by atoms with Crippen molar-refractivity contribution >= 4 is 0 Å². The van der Waals surface area contributed by atoms with E-state index in [2.05, 4.69) is 12.2 Å². The van der Waals surface area contributed by atoms with E-state index in [1.165, 1.54) is 12.1 Å². The van der Waals surface area contributed by atoms with E-state index in [0.29, 0.717) is 11.5 Å². The fourth-order valence-electron chi connectivity index (χ4n) is 3.22. The van der Waals surface area contributed by atoms with Crippen molar-refractivity contribution in [2.45, 2.75) is 37.5 Å². The van der Waals surface area contributed by atoms with Gasteiger partial charge in [0.1, 0.15) is 5.82 Å². The van der Waals surface area contributed by atoms with Crippen LogP contribution >= 0.6 is 0 Å². The number of fused-ring (bicyclic) bond motifs is 1. The van der Waals surface area contributed by atoms with Crippen LogP contribution in [0.25, 0.3) is 0 Å². The highest BCUT2D eigenvalue weighted by molar-refractivity contribution is 5.24. The average Bonchev–Trinajstić information content (AvgIpc) is 2.70. The van der Waals surface area contributed by atoms with Gasteiger partial charge >= 0.3 is 0 Å². The largest absolute Gasteiger partial charge is 0.387 e. The van der Waals surface area contributed by atoms with Crippen molar-refractivity contribution < 1.29 is 9.50 Å². The Labute approximate surface area is 94.5 Å². The summed E-state index contributed by atoms with van der Waals surface area (Å²) in [6.45, 7) is 2.18. The molecule has 2 nitrogen and oxygen atoms in total. The summed E-state index contributed by atoms with van der Waals surface area (Å²) in [7, 11) is 0. The quantitative estimate of drug-likeness (QED) is 0.800. The third kappa shape index (κ3) is 1.46. The molecule has 2 heterocycles. The molecule has 86 valence electrons. The first-order chi connectivity index (χ1) is 7.57. The Morgan fingerprint density at radius 2 is 2.25 bits per heavy atom. The van der Waals surface area contributed by atoms with Gasteiger partial charge < -0.3 is 10.4 Å². The molecule has 0 spiro atoms. The normalized spacial score (nSPS) is 38.2. The standard InChI is InChI=1S/C13H16FNO/c1-13-6-9(7-13)11(15-13)12(16)8-3-2-4-10(14)5-8/h2-5,9,11-12,15-16H,6-7H2,1H3/t9?,11-,12-,13?/m1/s1. The Morgan fingerprint density at radius 1 is 1.50 bits per heavy atom. The molecule has 4 rings (SSSR count). The van der Waals surface area contributed by atoms with Crippen molar-refractivity contribution in [3.8, 4) is 0 Å². The molecule has 3 aliphatic rings. The number of benzene rings is 1. The van der Waals surface area contributed by atoms with Gasteiger partial charge in [-0.1, -0.05) is 12.1 Å². The van der Waals surface area contributed by atoms with Crippen LogP contribution in [0.3, 0.4) is 0 Å². The van der Waals surface area contributed by atoms with Crippen molar-refractivity contribution in [1.29, 1.82) is 0 Å². The summed E-state index contributed by atoms with van der Waals surface area (Å²) in [5.41, 5.74) is 0.887. The molecule has 3 heteroatoms. The van der Waals surface area contributed by atoms with Gasteiger partial charge in [0.05, 0.1) is 6.10 Å². The van der Waals surface area contributed by atoms with Gasteiger partial charge in [-0.2, -0.15) is 0 Å². The number of aliphatic hydroxyl groups is 1. The zero-order valence-corrected chi connectivity index (χ0v) is 9.28. The molecular weight excluding hydrogens is 205 g/mol. The highest BCUT2D eigenvalue weighted by atomic mass is 19.1. The Hall–Kier alpha value is -0.930. The predicted molar refractivity (Wildman–Crippen MR) is 59.4 cm³/mol. The highest BCUT2D eigenvalue weighted by Gasteiger charge is 2.54. The molecular formula is C13H16FNO. The molecule has 3 fully saturated rings. The van der Waals surface area contributed by atoms with E-state index in [4.69, 9.17) is 0 Å². The van der Waals surface area contributed by atoms with E-state index >= 15 is 0 Å². The molecule has 1 aromatic carbocycles. The van der Waals surface area contributed by atoms with Crippen LogP contribution in [0, 0.1) is 11.7 Å². The summed E-state index contributed by atoms with van der Waals surface area (Å²) in [6, 6.07) is 6.35. The van der Waals surface area contributed by atoms with Crippen molar-refractivity contribution in [3.63, 3.8) is 0 Å². The summed E-state index contributed by atoms with van der Waals surface area (Å²) in [5, 5.41) is 13.7. The minimum Gasteiger partial charge on any atom is -0.387 e. The molecule has 1 aromatic rings. The lowest BCUT2D eigenvalue weighted by atomic mass is 9.72. The van der Waals surface area contributed by atoms with Gasteiger partial charge in [0.25, 0.3) is 0 Å². The summed E-state index contributed by atoms with van der Waals surface area (Å²) in [5.74, 6) is 0.261. The van der Waals surface area contributed by atoms with Crippen LogP contribution in [0.5, 0.6) is 0 Å². The maximum Gasteiger partial charge on any atom is 0.123 e. The van der Waals surface area contributed by atoms with Crippen LogP contribution in [-0.4, -0.2) is 16.7 Å². The average molecular weight is 221 g/mol. The lowest BCUT2D eigenvalue weighted by Gasteiger charge is -2.33. The summed E-state index contributed by atoms with van der Waals surface area (Å²) in [4.78, 5) is 0. The van der Waals surface area contributed by atoms with E-state index < -0.39 is 6.10 Å². The topological polar surface area (TPSA) is 32.3 Å². The number of aliphatic hydroxyl groups excluding tert-OH is 1. The van der Waals surface area contributed by atoms with Gasteiger partial charge in [0.2, 0.25) is 0 Å². The van der Waals surface area contributed by atoms with E-state index in [1.807, 2.05) is 0 Å². The Kier molecular flexibility index (Phi) is 2.10. The fourth-order valence-corrected chi connectivity index (χ4v) is 3.22. The van der Waals surface area contributed by atoms with Gasteiger partial charge in [0, 0.05) is 11.6 Å². The predicted octanol–water partition coefficient (Wildman–Crippen LogP) is 2.00. The minimum absolute atomic E-state index is 0.0896. The van der Waals surface area contributed by atoms with E-state index in [9.17, 15) is 9.50 Å². The van der Waals surface area contributed by atoms with Gasteiger partial charge in [-0.15, -0.1) is 0 Å². The minimum atomic E-state index is -0.593. The van der Waals surface area contributed by atoms with Crippen LogP contribution in [-0.2, 0) is 0 Å². The number of hydrogen-bond donors (Lipinski definition) is 2. The van der Waals surface area contributed by atoms with Gasteiger partial charge in [-0.3, -0.25) is 0 Å². The monoisotopic (exact) mass is 221 g/mol. The molecule has 16 heavy (non-hydrogen) atoms. The molecule has 1 saturated carbocycles. The Balaban J connectivity index is 1.81. The van der Waals surface area contributed by atoms with Crippen molar-refractivity contribution in [2.75, 3.05) is 0 Å². The number of rotatable bonds is 2. The van der Waals surface area contributed by atoms with Gasteiger partial charge in [-0.25, -0.2) is 4.39 Å². The third-order valence-electron chi connectivity index (χ3n) is 3.98. The Bertz CT molecular complexity index is 414. The zero-order chi connectivity index (χ0) is 11.3. The third-order valence-corrected chi connectivity index (χ3v) is 3.98. The molecule has 2 N–H and O–H groups in total. The molecule has 2 saturated heterocycles. The molecule has 0 radical (unpaired) electrons. The molecule has 0 aromatic heterocycles. The second-order valence-electron chi connectivity index (χ2n) is 5.40. The number of halogens is 1. The maximum absolute atomic E-state index is 13.1. The molecule has 1 aliphatic carbocycles. The van der Waals surface area contributed by atoms with Crippen LogP contribution in [0.4, 0.5) is 4.39 Å². The summed E-state index contributed by atoms with van der Waals surface area (Å²) in [6.07, 6.45) is 1.67. The van der Waals surface area contributed by atoms with Crippen molar-refractivity contribution in [1.82, 2.24) is 5.32 Å². The van der Waals surface area contributed by atoms with Crippen LogP contribution < -0.4 is 5.32 Å². The lowest BCUT2D eigenvalue weighted by Crippen LogP contribution is -2.40. The molecule has 2 bridgehead atoms. The van der Waals surface area contributed by atoms with Crippen molar-refractivity contribution in [3.05, 3.63) is 35.6 Å². The van der Waals surface area contributed by atoms with Gasteiger partial charge in [-0.05, 0) is 43.4 Å².